The Morgan fingerprint density at radius 1 is 1.37 bits per heavy atom. The zero-order valence-corrected chi connectivity index (χ0v) is 10.8. The van der Waals surface area contributed by atoms with Crippen LogP contribution in [0.2, 0.25) is 0 Å². The van der Waals surface area contributed by atoms with Crippen LogP contribution in [0.4, 0.5) is 0 Å². The monoisotopic (exact) mass is 263 g/mol. The molecule has 0 aromatic heterocycles. The van der Waals surface area contributed by atoms with Gasteiger partial charge in [0.05, 0.1) is 18.1 Å². The van der Waals surface area contributed by atoms with Crippen LogP contribution in [-0.2, 0) is 16.0 Å². The molecule has 5 nitrogen and oxygen atoms in total. The van der Waals surface area contributed by atoms with Gasteiger partial charge in [-0.3, -0.25) is 4.79 Å². The first-order chi connectivity index (χ1) is 9.10. The summed E-state index contributed by atoms with van der Waals surface area (Å²) >= 11 is 0. The number of ether oxygens (including phenoxy) is 1. The molecule has 102 valence electrons. The molecule has 0 spiro atoms. The molecule has 1 aliphatic rings. The highest BCUT2D eigenvalue weighted by Crippen LogP contribution is 2.22. The van der Waals surface area contributed by atoms with Crippen molar-refractivity contribution in [2.45, 2.75) is 31.4 Å². The summed E-state index contributed by atoms with van der Waals surface area (Å²) in [5.74, 6) is -1.15. The zero-order valence-electron chi connectivity index (χ0n) is 10.8. The highest BCUT2D eigenvalue weighted by Gasteiger charge is 2.30. The minimum atomic E-state index is -1.01. The van der Waals surface area contributed by atoms with Crippen LogP contribution in [-0.4, -0.2) is 36.2 Å². The summed E-state index contributed by atoms with van der Waals surface area (Å²) < 4.78 is 5.14. The van der Waals surface area contributed by atoms with Gasteiger partial charge in [-0.05, 0) is 24.5 Å². The molecule has 0 atom stereocenters. The fourth-order valence-electron chi connectivity index (χ4n) is 2.21. The summed E-state index contributed by atoms with van der Waals surface area (Å²) in [6.07, 6.45) is 1.97. The molecule has 1 aromatic rings. The van der Waals surface area contributed by atoms with Crippen molar-refractivity contribution in [1.82, 2.24) is 5.32 Å². The normalized spacial score (nSPS) is 21.5. The number of hydrogen-bond donors (Lipinski definition) is 2. The number of amides is 1. The summed E-state index contributed by atoms with van der Waals surface area (Å²) in [5.41, 5.74) is 0.719. The molecule has 0 heterocycles. The SMILES string of the molecule is COC1CC(NC(=O)Cc2ccccc2C(=O)O)C1. The smallest absolute Gasteiger partial charge is 0.335 e. The van der Waals surface area contributed by atoms with Crippen molar-refractivity contribution in [1.29, 1.82) is 0 Å². The first-order valence-electron chi connectivity index (χ1n) is 6.23. The molecule has 2 N–H and O–H groups in total. The number of aromatic carboxylic acids is 1. The second-order valence-electron chi connectivity index (χ2n) is 4.73. The molecule has 1 aromatic carbocycles. The highest BCUT2D eigenvalue weighted by molar-refractivity contribution is 5.91. The molecule has 1 aliphatic carbocycles. The summed E-state index contributed by atoms with van der Waals surface area (Å²) in [4.78, 5) is 22.9. The molecule has 19 heavy (non-hydrogen) atoms. The third-order valence-corrected chi connectivity index (χ3v) is 3.39. The fraction of sp³-hybridized carbons (Fsp3) is 0.429. The lowest BCUT2D eigenvalue weighted by molar-refractivity contribution is -0.122. The van der Waals surface area contributed by atoms with Crippen molar-refractivity contribution in [2.75, 3.05) is 7.11 Å². The van der Waals surface area contributed by atoms with Gasteiger partial charge in [-0.15, -0.1) is 0 Å². The average Bonchev–Trinajstić information content (AvgIpc) is 2.33. The Kier molecular flexibility index (Phi) is 4.16. The third-order valence-electron chi connectivity index (χ3n) is 3.39. The van der Waals surface area contributed by atoms with Gasteiger partial charge in [0.2, 0.25) is 5.91 Å². The topological polar surface area (TPSA) is 75.6 Å². The quantitative estimate of drug-likeness (QED) is 0.837. The van der Waals surface area contributed by atoms with Crippen molar-refractivity contribution < 1.29 is 19.4 Å². The number of carbonyl (C=O) groups is 2. The van der Waals surface area contributed by atoms with Gasteiger partial charge in [0, 0.05) is 13.2 Å². The summed E-state index contributed by atoms with van der Waals surface area (Å²) in [5, 5.41) is 11.9. The molecule has 0 bridgehead atoms. The minimum absolute atomic E-state index is 0.0939. The molecule has 0 unspecified atom stereocenters. The number of methoxy groups -OCH3 is 1. The van der Waals surface area contributed by atoms with Crippen LogP contribution in [0, 0.1) is 0 Å². The summed E-state index contributed by atoms with van der Waals surface area (Å²) in [7, 11) is 1.66. The van der Waals surface area contributed by atoms with Gasteiger partial charge in [0.15, 0.2) is 0 Å². The van der Waals surface area contributed by atoms with Crippen molar-refractivity contribution >= 4 is 11.9 Å². The van der Waals surface area contributed by atoms with Crippen LogP contribution >= 0.6 is 0 Å². The Hall–Kier alpha value is -1.88. The Bertz CT molecular complexity index is 480. The van der Waals surface area contributed by atoms with Crippen LogP contribution in [0.1, 0.15) is 28.8 Å². The first kappa shape index (κ1) is 13.5. The van der Waals surface area contributed by atoms with E-state index < -0.39 is 5.97 Å². The molecule has 1 saturated carbocycles. The third kappa shape index (κ3) is 3.32. The number of carboxylic acid groups (broad SMARTS) is 1. The highest BCUT2D eigenvalue weighted by atomic mass is 16.5. The Morgan fingerprint density at radius 2 is 2.05 bits per heavy atom. The largest absolute Gasteiger partial charge is 0.478 e. The first-order valence-corrected chi connectivity index (χ1v) is 6.23. The average molecular weight is 263 g/mol. The van der Waals surface area contributed by atoms with Gasteiger partial charge in [0.25, 0.3) is 0 Å². The maximum Gasteiger partial charge on any atom is 0.335 e. The van der Waals surface area contributed by atoms with Crippen molar-refractivity contribution in [3.05, 3.63) is 35.4 Å². The number of benzene rings is 1. The van der Waals surface area contributed by atoms with Gasteiger partial charge >= 0.3 is 5.97 Å². The van der Waals surface area contributed by atoms with Crippen LogP contribution in [0.15, 0.2) is 24.3 Å². The van der Waals surface area contributed by atoms with Crippen molar-refractivity contribution in [3.63, 3.8) is 0 Å². The predicted octanol–water partition coefficient (Wildman–Crippen LogP) is 1.22. The van der Waals surface area contributed by atoms with E-state index in [0.29, 0.717) is 5.56 Å². The molecule has 5 heteroatoms. The number of carboxylic acids is 1. The Labute approximate surface area is 111 Å². The maximum absolute atomic E-state index is 11.8. The lowest BCUT2D eigenvalue weighted by Crippen LogP contribution is -2.47. The van der Waals surface area contributed by atoms with E-state index in [2.05, 4.69) is 5.32 Å². The van der Waals surface area contributed by atoms with E-state index in [9.17, 15) is 9.59 Å². The van der Waals surface area contributed by atoms with Gasteiger partial charge in [-0.2, -0.15) is 0 Å². The van der Waals surface area contributed by atoms with Gasteiger partial charge in [0.1, 0.15) is 0 Å². The Balaban J connectivity index is 1.91. The lowest BCUT2D eigenvalue weighted by atomic mass is 9.89. The second kappa shape index (κ2) is 5.84. The van der Waals surface area contributed by atoms with Crippen molar-refractivity contribution in [2.24, 2.45) is 0 Å². The van der Waals surface area contributed by atoms with E-state index in [0.717, 1.165) is 12.8 Å². The molecule has 0 saturated heterocycles. The molecule has 0 aliphatic heterocycles. The fourth-order valence-corrected chi connectivity index (χ4v) is 2.21. The van der Waals surface area contributed by atoms with E-state index >= 15 is 0 Å². The standard InChI is InChI=1S/C14H17NO4/c1-19-11-7-10(8-11)15-13(16)6-9-4-2-3-5-12(9)14(17)18/h2-5,10-11H,6-8H2,1H3,(H,15,16)(H,17,18). The predicted molar refractivity (Wildman–Crippen MR) is 69.1 cm³/mol. The van der Waals surface area contributed by atoms with E-state index in [4.69, 9.17) is 9.84 Å². The molecule has 1 fully saturated rings. The summed E-state index contributed by atoms with van der Waals surface area (Å²) in [6, 6.07) is 6.71. The molecule has 0 radical (unpaired) electrons. The zero-order chi connectivity index (χ0) is 13.8. The van der Waals surface area contributed by atoms with E-state index in [1.165, 1.54) is 6.07 Å². The number of hydrogen-bond acceptors (Lipinski definition) is 3. The molecular formula is C14H17NO4. The summed E-state index contributed by atoms with van der Waals surface area (Å²) in [6.45, 7) is 0. The van der Waals surface area contributed by atoms with Crippen LogP contribution in [0.5, 0.6) is 0 Å². The number of rotatable bonds is 5. The van der Waals surface area contributed by atoms with Gasteiger partial charge in [-0.1, -0.05) is 18.2 Å². The molecular weight excluding hydrogens is 246 g/mol. The number of nitrogens with one attached hydrogen (secondary N) is 1. The minimum Gasteiger partial charge on any atom is -0.478 e. The second-order valence-corrected chi connectivity index (χ2v) is 4.73. The van der Waals surface area contributed by atoms with Crippen LogP contribution < -0.4 is 5.32 Å². The van der Waals surface area contributed by atoms with E-state index in [-0.39, 0.29) is 30.0 Å². The van der Waals surface area contributed by atoms with E-state index in [1.807, 2.05) is 0 Å². The van der Waals surface area contributed by atoms with E-state index in [1.54, 1.807) is 25.3 Å². The lowest BCUT2D eigenvalue weighted by Gasteiger charge is -2.34. The molecule has 2 rings (SSSR count). The van der Waals surface area contributed by atoms with Gasteiger partial charge < -0.3 is 15.2 Å². The van der Waals surface area contributed by atoms with Crippen molar-refractivity contribution in [3.8, 4) is 0 Å². The van der Waals surface area contributed by atoms with Crippen LogP contribution in [0.25, 0.3) is 0 Å². The maximum atomic E-state index is 11.8. The number of carbonyl (C=O) groups excluding carboxylic acids is 1. The Morgan fingerprint density at radius 3 is 2.68 bits per heavy atom. The molecule has 1 amide bonds. The van der Waals surface area contributed by atoms with Crippen LogP contribution in [0.3, 0.4) is 0 Å². The van der Waals surface area contributed by atoms with Gasteiger partial charge in [-0.25, -0.2) is 4.79 Å².